The minimum atomic E-state index is -0.542. The van der Waals surface area contributed by atoms with E-state index < -0.39 is 5.91 Å². The first-order valence-corrected chi connectivity index (χ1v) is 9.65. The first-order valence-electron chi connectivity index (χ1n) is 8.77. The Morgan fingerprint density at radius 2 is 2.00 bits per heavy atom. The summed E-state index contributed by atoms with van der Waals surface area (Å²) in [5, 5.41) is 5.20. The SMILES string of the molecule is COc1cc2ncn(-c3ccc(C(N)=O)c(NCc4cccs4)n3)c2cc1OC. The molecule has 29 heavy (non-hydrogen) atoms. The molecule has 0 fully saturated rings. The van der Waals surface area contributed by atoms with Crippen LogP contribution in [0.15, 0.2) is 48.1 Å². The molecule has 0 aliphatic heterocycles. The number of fused-ring (bicyclic) bond motifs is 1. The largest absolute Gasteiger partial charge is 0.493 e. The lowest BCUT2D eigenvalue weighted by Crippen LogP contribution is -2.16. The first kappa shape index (κ1) is 18.8. The number of pyridine rings is 1. The molecule has 3 N–H and O–H groups in total. The van der Waals surface area contributed by atoms with Crippen molar-refractivity contribution >= 4 is 34.1 Å². The van der Waals surface area contributed by atoms with Crippen LogP contribution < -0.4 is 20.5 Å². The van der Waals surface area contributed by atoms with E-state index in [0.717, 1.165) is 15.9 Å². The van der Waals surface area contributed by atoms with Crippen LogP contribution in [0.5, 0.6) is 11.5 Å². The van der Waals surface area contributed by atoms with Crippen molar-refractivity contribution in [2.24, 2.45) is 5.73 Å². The number of nitrogens with zero attached hydrogens (tertiary/aromatic N) is 3. The van der Waals surface area contributed by atoms with Gasteiger partial charge in [-0.25, -0.2) is 9.97 Å². The molecule has 3 aromatic heterocycles. The molecule has 0 spiro atoms. The predicted octanol–water partition coefficient (Wildman–Crippen LogP) is 3.21. The van der Waals surface area contributed by atoms with Crippen molar-refractivity contribution in [3.05, 3.63) is 58.5 Å². The van der Waals surface area contributed by atoms with Crippen molar-refractivity contribution in [1.29, 1.82) is 0 Å². The molecule has 0 aliphatic rings. The average Bonchev–Trinajstić information content (AvgIpc) is 3.40. The lowest BCUT2D eigenvalue weighted by atomic mass is 10.2. The number of carbonyl (C=O) groups is 1. The summed E-state index contributed by atoms with van der Waals surface area (Å²) in [6.45, 7) is 0.546. The number of amides is 1. The number of anilines is 1. The molecule has 4 aromatic rings. The van der Waals surface area contributed by atoms with E-state index in [1.807, 2.05) is 28.1 Å². The number of aromatic nitrogens is 3. The zero-order valence-electron chi connectivity index (χ0n) is 15.9. The van der Waals surface area contributed by atoms with Crippen LogP contribution in [0.4, 0.5) is 5.82 Å². The standard InChI is InChI=1S/C20H19N5O3S/c1-27-16-8-14-15(9-17(16)28-2)25(11-23-14)18-6-5-13(19(21)26)20(24-18)22-10-12-4-3-7-29-12/h3-9,11H,10H2,1-2H3,(H2,21,26)(H,22,24). The van der Waals surface area contributed by atoms with Gasteiger partial charge in [0.1, 0.15) is 18.0 Å². The van der Waals surface area contributed by atoms with Crippen molar-refractivity contribution in [1.82, 2.24) is 14.5 Å². The zero-order valence-corrected chi connectivity index (χ0v) is 16.7. The van der Waals surface area contributed by atoms with Crippen LogP contribution in [0.3, 0.4) is 0 Å². The third-order valence-corrected chi connectivity index (χ3v) is 5.33. The molecule has 0 aliphatic carbocycles. The van der Waals surface area contributed by atoms with Crippen LogP contribution in [0.2, 0.25) is 0 Å². The second kappa shape index (κ2) is 7.80. The first-order chi connectivity index (χ1) is 14.1. The van der Waals surface area contributed by atoms with E-state index >= 15 is 0 Å². The smallest absolute Gasteiger partial charge is 0.252 e. The van der Waals surface area contributed by atoms with E-state index in [1.165, 1.54) is 0 Å². The molecular formula is C20H19N5O3S. The topological polar surface area (TPSA) is 104 Å². The summed E-state index contributed by atoms with van der Waals surface area (Å²) in [5.74, 6) is 1.66. The highest BCUT2D eigenvalue weighted by atomic mass is 32.1. The maximum atomic E-state index is 11.8. The number of methoxy groups -OCH3 is 2. The van der Waals surface area contributed by atoms with Gasteiger partial charge in [0.25, 0.3) is 5.91 Å². The Bertz CT molecular complexity index is 1170. The Labute approximate surface area is 170 Å². The molecule has 0 saturated carbocycles. The van der Waals surface area contributed by atoms with Crippen LogP contribution in [0.1, 0.15) is 15.2 Å². The molecule has 1 amide bonds. The quantitative estimate of drug-likeness (QED) is 0.486. The monoisotopic (exact) mass is 409 g/mol. The normalized spacial score (nSPS) is 10.8. The van der Waals surface area contributed by atoms with E-state index in [2.05, 4.69) is 15.3 Å². The summed E-state index contributed by atoms with van der Waals surface area (Å²) in [6, 6.07) is 11.0. The Morgan fingerprint density at radius 3 is 2.69 bits per heavy atom. The number of carbonyl (C=O) groups excluding carboxylic acids is 1. The van der Waals surface area contributed by atoms with E-state index in [4.69, 9.17) is 15.2 Å². The fourth-order valence-corrected chi connectivity index (χ4v) is 3.66. The van der Waals surface area contributed by atoms with Crippen LogP contribution >= 0.6 is 11.3 Å². The van der Waals surface area contributed by atoms with Crippen LogP contribution in [-0.2, 0) is 6.54 Å². The van der Waals surface area contributed by atoms with Crippen molar-refractivity contribution in [2.45, 2.75) is 6.54 Å². The number of thiophene rings is 1. The summed E-state index contributed by atoms with van der Waals surface area (Å²) in [4.78, 5) is 22.0. The van der Waals surface area contributed by atoms with Crippen LogP contribution in [0.25, 0.3) is 16.9 Å². The molecule has 0 unspecified atom stereocenters. The van der Waals surface area contributed by atoms with Gasteiger partial charge in [-0.1, -0.05) is 6.07 Å². The van der Waals surface area contributed by atoms with Crippen molar-refractivity contribution < 1.29 is 14.3 Å². The second-order valence-corrected chi connectivity index (χ2v) is 7.21. The predicted molar refractivity (Wildman–Crippen MR) is 112 cm³/mol. The Hall–Kier alpha value is -3.59. The fourth-order valence-electron chi connectivity index (χ4n) is 3.02. The summed E-state index contributed by atoms with van der Waals surface area (Å²) >= 11 is 1.62. The highest BCUT2D eigenvalue weighted by molar-refractivity contribution is 7.09. The maximum absolute atomic E-state index is 11.8. The molecule has 4 rings (SSSR count). The zero-order chi connectivity index (χ0) is 20.4. The van der Waals surface area contributed by atoms with Crippen molar-refractivity contribution in [2.75, 3.05) is 19.5 Å². The number of ether oxygens (including phenoxy) is 2. The number of hydrogen-bond donors (Lipinski definition) is 2. The number of benzene rings is 1. The minimum absolute atomic E-state index is 0.328. The number of imidazole rings is 1. The van der Waals surface area contributed by atoms with E-state index in [1.54, 1.807) is 50.1 Å². The third kappa shape index (κ3) is 3.59. The van der Waals surface area contributed by atoms with Gasteiger partial charge in [0.2, 0.25) is 0 Å². The number of primary amides is 1. The molecule has 0 atom stereocenters. The van der Waals surface area contributed by atoms with E-state index in [0.29, 0.717) is 35.2 Å². The van der Waals surface area contributed by atoms with Gasteiger partial charge in [-0.15, -0.1) is 11.3 Å². The van der Waals surface area contributed by atoms with Crippen molar-refractivity contribution in [3.63, 3.8) is 0 Å². The van der Waals surface area contributed by atoms with Gasteiger partial charge in [0, 0.05) is 17.0 Å². The lowest BCUT2D eigenvalue weighted by Gasteiger charge is -2.12. The third-order valence-electron chi connectivity index (χ3n) is 4.46. The van der Waals surface area contributed by atoms with Gasteiger partial charge in [-0.2, -0.15) is 0 Å². The summed E-state index contributed by atoms with van der Waals surface area (Å²) < 4.78 is 12.6. The van der Waals surface area contributed by atoms with Gasteiger partial charge in [0.15, 0.2) is 11.5 Å². The summed E-state index contributed by atoms with van der Waals surface area (Å²) in [6.07, 6.45) is 1.67. The number of hydrogen-bond acceptors (Lipinski definition) is 7. The van der Waals surface area contributed by atoms with Gasteiger partial charge in [-0.3, -0.25) is 9.36 Å². The number of rotatable bonds is 7. The van der Waals surface area contributed by atoms with Gasteiger partial charge >= 0.3 is 0 Å². The molecule has 8 nitrogen and oxygen atoms in total. The summed E-state index contributed by atoms with van der Waals surface area (Å²) in [5.41, 5.74) is 7.38. The molecule has 3 heterocycles. The molecule has 1 aromatic carbocycles. The fraction of sp³-hybridized carbons (Fsp3) is 0.150. The Kier molecular flexibility index (Phi) is 5.05. The number of nitrogens with one attached hydrogen (secondary N) is 1. The maximum Gasteiger partial charge on any atom is 0.252 e. The molecular weight excluding hydrogens is 390 g/mol. The Morgan fingerprint density at radius 1 is 1.21 bits per heavy atom. The van der Waals surface area contributed by atoms with Gasteiger partial charge in [-0.05, 0) is 23.6 Å². The minimum Gasteiger partial charge on any atom is -0.493 e. The molecule has 0 saturated heterocycles. The molecule has 9 heteroatoms. The van der Waals surface area contributed by atoms with Crippen LogP contribution in [-0.4, -0.2) is 34.7 Å². The summed E-state index contributed by atoms with van der Waals surface area (Å²) in [7, 11) is 3.16. The molecule has 148 valence electrons. The average molecular weight is 409 g/mol. The Balaban J connectivity index is 1.76. The highest BCUT2D eigenvalue weighted by Crippen LogP contribution is 2.32. The highest BCUT2D eigenvalue weighted by Gasteiger charge is 2.15. The van der Waals surface area contributed by atoms with Crippen LogP contribution in [0, 0.1) is 0 Å². The molecule has 0 radical (unpaired) electrons. The van der Waals surface area contributed by atoms with Gasteiger partial charge in [0.05, 0.1) is 37.4 Å². The second-order valence-electron chi connectivity index (χ2n) is 6.17. The van der Waals surface area contributed by atoms with E-state index in [-0.39, 0.29) is 0 Å². The van der Waals surface area contributed by atoms with Gasteiger partial charge < -0.3 is 20.5 Å². The van der Waals surface area contributed by atoms with Crippen molar-refractivity contribution in [3.8, 4) is 17.3 Å². The lowest BCUT2D eigenvalue weighted by molar-refractivity contribution is 0.100. The number of nitrogens with two attached hydrogens (primary N) is 1. The molecule has 0 bridgehead atoms. The van der Waals surface area contributed by atoms with E-state index in [9.17, 15) is 4.79 Å².